The van der Waals surface area contributed by atoms with Crippen LogP contribution in [0.4, 0.5) is 0 Å². The van der Waals surface area contributed by atoms with E-state index >= 15 is 0 Å². The van der Waals surface area contributed by atoms with E-state index in [9.17, 15) is 0 Å². The van der Waals surface area contributed by atoms with Gasteiger partial charge in [0.25, 0.3) is 0 Å². The predicted octanol–water partition coefficient (Wildman–Crippen LogP) is -0.214. The Kier molecular flexibility index (Phi) is 2.38. The van der Waals surface area contributed by atoms with Gasteiger partial charge in [-0.15, -0.1) is 0 Å². The highest BCUT2D eigenvalue weighted by atomic mass is 16.4. The normalized spacial score (nSPS) is 9.93. The average molecular weight is 198 g/mol. The number of fused-ring (bicyclic) bond motifs is 1. The third-order valence-corrected chi connectivity index (χ3v) is 2.14. The summed E-state index contributed by atoms with van der Waals surface area (Å²) < 4.78 is 0. The molecule has 5 heteroatoms. The number of nitrogens with zero attached hydrogens (tertiary/aromatic N) is 2. The van der Waals surface area contributed by atoms with Crippen molar-refractivity contribution in [3.05, 3.63) is 36.0 Å². The lowest BCUT2D eigenvalue weighted by atomic mass is 9.78. The van der Waals surface area contributed by atoms with Gasteiger partial charge in [0.15, 0.2) is 0 Å². The van der Waals surface area contributed by atoms with Crippen molar-refractivity contribution in [3.63, 3.8) is 0 Å². The maximum absolute atomic E-state index is 9.06. The van der Waals surface area contributed by atoms with Crippen LogP contribution in [0.2, 0.25) is 0 Å². The maximum Gasteiger partial charge on any atom is 0.491 e. The summed E-state index contributed by atoms with van der Waals surface area (Å²) in [4.78, 5) is 4.03. The van der Waals surface area contributed by atoms with Gasteiger partial charge in [0.1, 0.15) is 11.8 Å². The molecule has 2 N–H and O–H groups in total. The van der Waals surface area contributed by atoms with Gasteiger partial charge in [0.2, 0.25) is 0 Å². The second-order valence-electron chi connectivity index (χ2n) is 3.10. The van der Waals surface area contributed by atoms with E-state index in [1.807, 2.05) is 18.2 Å². The molecule has 4 nitrogen and oxygen atoms in total. The number of hydrogen-bond donors (Lipinski definition) is 2. The van der Waals surface area contributed by atoms with Crippen molar-refractivity contribution in [2.75, 3.05) is 0 Å². The molecule has 0 aliphatic carbocycles. The summed E-state index contributed by atoms with van der Waals surface area (Å²) in [7, 11) is -1.67. The lowest BCUT2D eigenvalue weighted by Crippen LogP contribution is -2.33. The molecule has 0 fully saturated rings. The largest absolute Gasteiger partial charge is 0.491 e. The zero-order valence-corrected chi connectivity index (χ0v) is 7.75. The van der Waals surface area contributed by atoms with Crippen molar-refractivity contribution in [2.24, 2.45) is 0 Å². The van der Waals surface area contributed by atoms with E-state index in [1.165, 1.54) is 0 Å². The minimum Gasteiger partial charge on any atom is -0.423 e. The van der Waals surface area contributed by atoms with Crippen LogP contribution >= 0.6 is 0 Å². The van der Waals surface area contributed by atoms with Crippen molar-refractivity contribution in [3.8, 4) is 6.07 Å². The van der Waals surface area contributed by atoms with Crippen molar-refractivity contribution in [1.29, 1.82) is 5.26 Å². The first kappa shape index (κ1) is 9.65. The molecule has 0 aliphatic rings. The summed E-state index contributed by atoms with van der Waals surface area (Å²) in [6.07, 6.45) is 0. The van der Waals surface area contributed by atoms with E-state index in [4.69, 9.17) is 15.3 Å². The smallest absolute Gasteiger partial charge is 0.423 e. The Hall–Kier alpha value is -1.90. The van der Waals surface area contributed by atoms with Gasteiger partial charge < -0.3 is 10.0 Å². The highest BCUT2D eigenvalue weighted by Crippen LogP contribution is 2.10. The first-order valence-electron chi connectivity index (χ1n) is 4.38. The Bertz CT molecular complexity index is 549. The third-order valence-electron chi connectivity index (χ3n) is 2.14. The van der Waals surface area contributed by atoms with E-state index in [1.54, 1.807) is 18.2 Å². The van der Waals surface area contributed by atoms with Gasteiger partial charge in [-0.25, -0.2) is 4.98 Å². The Labute approximate surface area is 86.6 Å². The van der Waals surface area contributed by atoms with Crippen LogP contribution in [0.3, 0.4) is 0 Å². The van der Waals surface area contributed by atoms with E-state index in [-0.39, 0.29) is 11.2 Å². The first-order valence-corrected chi connectivity index (χ1v) is 4.38. The maximum atomic E-state index is 9.06. The van der Waals surface area contributed by atoms with Gasteiger partial charge >= 0.3 is 7.12 Å². The molecule has 0 atom stereocenters. The van der Waals surface area contributed by atoms with Gasteiger partial charge in [-0.3, -0.25) is 0 Å². The SMILES string of the molecule is N#Cc1nc2ccccc2cc1B(O)O. The molecule has 72 valence electrons. The van der Waals surface area contributed by atoms with Gasteiger partial charge in [0.05, 0.1) is 5.52 Å². The number of benzene rings is 1. The molecule has 0 amide bonds. The van der Waals surface area contributed by atoms with E-state index < -0.39 is 7.12 Å². The number of pyridine rings is 1. The Morgan fingerprint density at radius 3 is 2.67 bits per heavy atom. The van der Waals surface area contributed by atoms with E-state index in [0.29, 0.717) is 5.52 Å². The van der Waals surface area contributed by atoms with Crippen LogP contribution in [0, 0.1) is 11.3 Å². The Morgan fingerprint density at radius 2 is 2.00 bits per heavy atom. The van der Waals surface area contributed by atoms with Gasteiger partial charge in [-0.05, 0) is 11.5 Å². The summed E-state index contributed by atoms with van der Waals surface area (Å²) in [5.41, 5.74) is 0.846. The molecular weight excluding hydrogens is 191 g/mol. The fourth-order valence-electron chi connectivity index (χ4n) is 1.42. The van der Waals surface area contributed by atoms with Gasteiger partial charge in [0, 0.05) is 5.46 Å². The molecule has 0 saturated heterocycles. The monoisotopic (exact) mass is 198 g/mol. The Morgan fingerprint density at radius 1 is 1.27 bits per heavy atom. The molecule has 1 heterocycles. The number of hydrogen-bond acceptors (Lipinski definition) is 4. The van der Waals surface area contributed by atoms with Crippen molar-refractivity contribution < 1.29 is 10.0 Å². The topological polar surface area (TPSA) is 77.1 Å². The second-order valence-corrected chi connectivity index (χ2v) is 3.10. The molecule has 0 bridgehead atoms. The van der Waals surface area contributed by atoms with Crippen LogP contribution in [-0.2, 0) is 0 Å². The lowest BCUT2D eigenvalue weighted by Gasteiger charge is -2.03. The standard InChI is InChI=1S/C10H7BN2O2/c12-6-10-8(11(14)15)5-7-3-1-2-4-9(7)13-10/h1-5,14-15H. The summed E-state index contributed by atoms with van der Waals surface area (Å²) in [5.74, 6) is 0. The summed E-state index contributed by atoms with van der Waals surface area (Å²) in [5, 5.41) is 27.7. The summed E-state index contributed by atoms with van der Waals surface area (Å²) in [6, 6.07) is 10.6. The molecule has 0 spiro atoms. The van der Waals surface area contributed by atoms with Crippen LogP contribution in [-0.4, -0.2) is 22.2 Å². The molecule has 0 aliphatic heterocycles. The van der Waals surface area contributed by atoms with Gasteiger partial charge in [-0.1, -0.05) is 24.3 Å². The molecule has 0 radical (unpaired) electrons. The van der Waals surface area contributed by atoms with Crippen LogP contribution in [0.25, 0.3) is 10.9 Å². The van der Waals surface area contributed by atoms with Crippen LogP contribution in [0.5, 0.6) is 0 Å². The molecule has 1 aromatic carbocycles. The zero-order chi connectivity index (χ0) is 10.8. The molecule has 15 heavy (non-hydrogen) atoms. The van der Waals surface area contributed by atoms with Crippen molar-refractivity contribution >= 4 is 23.5 Å². The van der Waals surface area contributed by atoms with Crippen molar-refractivity contribution in [2.45, 2.75) is 0 Å². The predicted molar refractivity (Wildman–Crippen MR) is 56.3 cm³/mol. The number of para-hydroxylation sites is 1. The molecule has 2 aromatic rings. The number of nitriles is 1. The van der Waals surface area contributed by atoms with Crippen LogP contribution < -0.4 is 5.46 Å². The fourth-order valence-corrected chi connectivity index (χ4v) is 1.42. The number of aromatic nitrogens is 1. The summed E-state index contributed by atoms with van der Waals surface area (Å²) in [6.45, 7) is 0. The van der Waals surface area contributed by atoms with Crippen molar-refractivity contribution in [1.82, 2.24) is 4.98 Å². The minimum atomic E-state index is -1.67. The number of rotatable bonds is 1. The second kappa shape index (κ2) is 3.69. The fraction of sp³-hybridized carbons (Fsp3) is 0. The van der Waals surface area contributed by atoms with Crippen LogP contribution in [0.1, 0.15) is 5.69 Å². The highest BCUT2D eigenvalue weighted by Gasteiger charge is 2.17. The van der Waals surface area contributed by atoms with E-state index in [2.05, 4.69) is 4.98 Å². The first-order chi connectivity index (χ1) is 7.22. The molecule has 0 saturated carbocycles. The highest BCUT2D eigenvalue weighted by molar-refractivity contribution is 6.59. The molecule has 2 rings (SSSR count). The molecule has 0 unspecified atom stereocenters. The summed E-state index contributed by atoms with van der Waals surface area (Å²) >= 11 is 0. The molecular formula is C10H7BN2O2. The van der Waals surface area contributed by atoms with Crippen LogP contribution in [0.15, 0.2) is 30.3 Å². The quantitative estimate of drug-likeness (QED) is 0.621. The minimum absolute atomic E-state index is 0.0451. The lowest BCUT2D eigenvalue weighted by molar-refractivity contribution is 0.425. The molecule has 1 aromatic heterocycles. The third kappa shape index (κ3) is 1.68. The zero-order valence-electron chi connectivity index (χ0n) is 7.75. The van der Waals surface area contributed by atoms with E-state index in [0.717, 1.165) is 5.39 Å². The van der Waals surface area contributed by atoms with Gasteiger partial charge in [-0.2, -0.15) is 5.26 Å². The Balaban J connectivity index is 2.76. The average Bonchev–Trinajstić information content (AvgIpc) is 2.27.